The van der Waals surface area contributed by atoms with Gasteiger partial charge in [-0.1, -0.05) is 12.1 Å². The molecule has 1 atom stereocenters. The second-order valence-electron chi connectivity index (χ2n) is 5.89. The lowest BCUT2D eigenvalue weighted by molar-refractivity contribution is -0.137. The Hall–Kier alpha value is -3.27. The van der Waals surface area contributed by atoms with Crippen molar-refractivity contribution in [2.45, 2.75) is 18.8 Å². The SMILES string of the molecule is O=C(Nc1ccc(C(F)(F)F)cc1)c1ncn(C[C@H](O)c2ccc(F)cc2)n1. The predicted molar refractivity (Wildman–Crippen MR) is 90.8 cm³/mol. The van der Waals surface area contributed by atoms with Crippen LogP contribution in [0.2, 0.25) is 0 Å². The van der Waals surface area contributed by atoms with Gasteiger partial charge in [0.05, 0.1) is 18.2 Å². The lowest BCUT2D eigenvalue weighted by Gasteiger charge is -2.10. The molecule has 0 unspecified atom stereocenters. The third-order valence-corrected chi connectivity index (χ3v) is 3.82. The monoisotopic (exact) mass is 394 g/mol. The fourth-order valence-electron chi connectivity index (χ4n) is 2.38. The first-order valence-corrected chi connectivity index (χ1v) is 8.04. The van der Waals surface area contributed by atoms with E-state index in [-0.39, 0.29) is 18.1 Å². The number of amides is 1. The summed E-state index contributed by atoms with van der Waals surface area (Å²) in [5.41, 5.74) is -0.212. The lowest BCUT2D eigenvalue weighted by Crippen LogP contribution is -2.15. The molecule has 1 heterocycles. The number of nitrogens with zero attached hydrogens (tertiary/aromatic N) is 3. The van der Waals surface area contributed by atoms with Gasteiger partial charge in [0.1, 0.15) is 12.1 Å². The summed E-state index contributed by atoms with van der Waals surface area (Å²) in [6.45, 7) is -0.0216. The van der Waals surface area contributed by atoms with Crippen molar-refractivity contribution in [2.24, 2.45) is 0 Å². The summed E-state index contributed by atoms with van der Waals surface area (Å²) in [6, 6.07) is 9.21. The Bertz CT molecular complexity index is 953. The van der Waals surface area contributed by atoms with Crippen molar-refractivity contribution in [3.05, 3.63) is 77.6 Å². The van der Waals surface area contributed by atoms with Gasteiger partial charge in [0.15, 0.2) is 0 Å². The number of nitrogens with one attached hydrogen (secondary N) is 1. The number of halogens is 4. The van der Waals surface area contributed by atoms with Crippen molar-refractivity contribution in [3.63, 3.8) is 0 Å². The number of alkyl halides is 3. The van der Waals surface area contributed by atoms with E-state index in [1.807, 2.05) is 0 Å². The number of benzene rings is 2. The molecule has 146 valence electrons. The van der Waals surface area contributed by atoms with Gasteiger partial charge in [0, 0.05) is 5.69 Å². The Labute approximate surface area is 156 Å². The third-order valence-electron chi connectivity index (χ3n) is 3.82. The van der Waals surface area contributed by atoms with E-state index in [0.29, 0.717) is 5.56 Å². The van der Waals surface area contributed by atoms with Crippen molar-refractivity contribution < 1.29 is 27.5 Å². The molecule has 0 saturated heterocycles. The molecule has 1 aromatic heterocycles. The minimum atomic E-state index is -4.46. The van der Waals surface area contributed by atoms with Gasteiger partial charge in [-0.15, -0.1) is 5.10 Å². The number of anilines is 1. The number of rotatable bonds is 5. The molecule has 0 spiro atoms. The van der Waals surface area contributed by atoms with Crippen LogP contribution < -0.4 is 5.32 Å². The number of aliphatic hydroxyl groups is 1. The van der Waals surface area contributed by atoms with Gasteiger partial charge in [-0.05, 0) is 42.0 Å². The molecule has 2 N–H and O–H groups in total. The molecule has 0 bridgehead atoms. The van der Waals surface area contributed by atoms with Gasteiger partial charge in [-0.2, -0.15) is 13.2 Å². The Morgan fingerprint density at radius 2 is 1.75 bits per heavy atom. The number of carbonyl (C=O) groups is 1. The van der Waals surface area contributed by atoms with Crippen LogP contribution in [0.5, 0.6) is 0 Å². The molecule has 6 nitrogen and oxygen atoms in total. The highest BCUT2D eigenvalue weighted by molar-refractivity contribution is 6.01. The molecule has 0 radical (unpaired) electrons. The fourth-order valence-corrected chi connectivity index (χ4v) is 2.38. The van der Waals surface area contributed by atoms with E-state index >= 15 is 0 Å². The highest BCUT2D eigenvalue weighted by Gasteiger charge is 2.30. The van der Waals surface area contributed by atoms with E-state index in [2.05, 4.69) is 15.4 Å². The van der Waals surface area contributed by atoms with Crippen LogP contribution in [0.4, 0.5) is 23.2 Å². The van der Waals surface area contributed by atoms with Crippen LogP contribution in [0.1, 0.15) is 27.8 Å². The minimum absolute atomic E-state index is 0.0216. The zero-order chi connectivity index (χ0) is 20.3. The van der Waals surface area contributed by atoms with Crippen molar-refractivity contribution in [2.75, 3.05) is 5.32 Å². The summed E-state index contributed by atoms with van der Waals surface area (Å²) < 4.78 is 51.8. The second kappa shape index (κ2) is 7.77. The van der Waals surface area contributed by atoms with Crippen LogP contribution >= 0.6 is 0 Å². The molecule has 0 aliphatic carbocycles. The molecule has 0 aliphatic rings. The Balaban J connectivity index is 1.63. The maximum atomic E-state index is 12.9. The largest absolute Gasteiger partial charge is 0.416 e. The van der Waals surface area contributed by atoms with Crippen LogP contribution in [0.25, 0.3) is 0 Å². The van der Waals surface area contributed by atoms with Crippen molar-refractivity contribution >= 4 is 11.6 Å². The molecule has 3 rings (SSSR count). The first kappa shape index (κ1) is 19.5. The van der Waals surface area contributed by atoms with Crippen molar-refractivity contribution in [1.29, 1.82) is 0 Å². The maximum Gasteiger partial charge on any atom is 0.416 e. The molecule has 0 saturated carbocycles. The standard InChI is InChI=1S/C18H14F4N4O2/c19-13-5-1-11(2-6-13)15(27)9-26-10-23-16(25-26)17(28)24-14-7-3-12(4-8-14)18(20,21)22/h1-8,10,15,27H,9H2,(H,24,28)/t15-/m0/s1. The number of hydrogen-bond acceptors (Lipinski definition) is 4. The number of aromatic nitrogens is 3. The van der Waals surface area contributed by atoms with E-state index in [0.717, 1.165) is 24.3 Å². The van der Waals surface area contributed by atoms with Crippen LogP contribution in [0, 0.1) is 5.82 Å². The van der Waals surface area contributed by atoms with Crippen LogP contribution in [0.15, 0.2) is 54.9 Å². The summed E-state index contributed by atoms with van der Waals surface area (Å²) in [6.07, 6.45) is -4.23. The molecular weight excluding hydrogens is 380 g/mol. The van der Waals surface area contributed by atoms with Crippen LogP contribution in [-0.4, -0.2) is 25.8 Å². The molecule has 0 fully saturated rings. The molecule has 0 aliphatic heterocycles. The molecular formula is C18H14F4N4O2. The molecule has 28 heavy (non-hydrogen) atoms. The van der Waals surface area contributed by atoms with E-state index in [1.54, 1.807) is 0 Å². The average Bonchev–Trinajstić information content (AvgIpc) is 3.10. The first-order chi connectivity index (χ1) is 13.2. The normalized spacial score (nSPS) is 12.6. The van der Waals surface area contributed by atoms with Crippen molar-refractivity contribution in [3.8, 4) is 0 Å². The zero-order valence-corrected chi connectivity index (χ0v) is 14.2. The first-order valence-electron chi connectivity index (χ1n) is 8.04. The number of aliphatic hydroxyl groups excluding tert-OH is 1. The predicted octanol–water partition coefficient (Wildman–Crippen LogP) is 3.42. The highest BCUT2D eigenvalue weighted by Crippen LogP contribution is 2.29. The smallest absolute Gasteiger partial charge is 0.386 e. The van der Waals surface area contributed by atoms with Crippen LogP contribution in [-0.2, 0) is 12.7 Å². The molecule has 10 heteroatoms. The number of hydrogen-bond donors (Lipinski definition) is 2. The van der Waals surface area contributed by atoms with E-state index < -0.39 is 29.6 Å². The molecule has 2 aromatic carbocycles. The van der Waals surface area contributed by atoms with E-state index in [9.17, 15) is 27.5 Å². The van der Waals surface area contributed by atoms with Gasteiger partial charge in [0.25, 0.3) is 5.91 Å². The van der Waals surface area contributed by atoms with Crippen LogP contribution in [0.3, 0.4) is 0 Å². The van der Waals surface area contributed by atoms with Gasteiger partial charge >= 0.3 is 6.18 Å². The van der Waals surface area contributed by atoms with E-state index in [4.69, 9.17) is 0 Å². The molecule has 1 amide bonds. The Morgan fingerprint density at radius 3 is 2.36 bits per heavy atom. The summed E-state index contributed by atoms with van der Waals surface area (Å²) >= 11 is 0. The quantitative estimate of drug-likeness (QED) is 0.650. The topological polar surface area (TPSA) is 80.0 Å². The maximum absolute atomic E-state index is 12.9. The number of carbonyl (C=O) groups excluding carboxylic acids is 1. The molecule has 3 aromatic rings. The second-order valence-corrected chi connectivity index (χ2v) is 5.89. The van der Waals surface area contributed by atoms with E-state index in [1.165, 1.54) is 35.3 Å². The minimum Gasteiger partial charge on any atom is -0.386 e. The zero-order valence-electron chi connectivity index (χ0n) is 14.2. The van der Waals surface area contributed by atoms with Gasteiger partial charge < -0.3 is 10.4 Å². The summed E-state index contributed by atoms with van der Waals surface area (Å²) in [5.74, 6) is -1.36. The summed E-state index contributed by atoms with van der Waals surface area (Å²) in [4.78, 5) is 15.9. The van der Waals surface area contributed by atoms with Gasteiger partial charge in [-0.25, -0.2) is 14.1 Å². The Morgan fingerprint density at radius 1 is 1.11 bits per heavy atom. The summed E-state index contributed by atoms with van der Waals surface area (Å²) in [5, 5.41) is 16.5. The Kier molecular flexibility index (Phi) is 5.41. The van der Waals surface area contributed by atoms with Crippen molar-refractivity contribution in [1.82, 2.24) is 14.8 Å². The highest BCUT2D eigenvalue weighted by atomic mass is 19.4. The van der Waals surface area contributed by atoms with Gasteiger partial charge in [0.2, 0.25) is 5.82 Å². The fraction of sp³-hybridized carbons (Fsp3) is 0.167. The third kappa shape index (κ3) is 4.71. The average molecular weight is 394 g/mol. The lowest BCUT2D eigenvalue weighted by atomic mass is 10.1. The van der Waals surface area contributed by atoms with Gasteiger partial charge in [-0.3, -0.25) is 4.79 Å². The summed E-state index contributed by atoms with van der Waals surface area (Å²) in [7, 11) is 0.